The van der Waals surface area contributed by atoms with Crippen LogP contribution >= 0.6 is 0 Å². The van der Waals surface area contributed by atoms with Gasteiger partial charge in [-0.25, -0.2) is 0 Å². The number of carboxylic acid groups (broad SMARTS) is 1. The lowest BCUT2D eigenvalue weighted by Crippen LogP contribution is -2.40. The number of carboxylic acids is 1. The zero-order valence-electron chi connectivity index (χ0n) is 9.90. The van der Waals surface area contributed by atoms with Crippen molar-refractivity contribution < 1.29 is 14.7 Å². The maximum Gasteiger partial charge on any atom is 0.303 e. The van der Waals surface area contributed by atoms with Crippen LogP contribution in [0.2, 0.25) is 0 Å². The fourth-order valence-corrected chi connectivity index (χ4v) is 1.97. The van der Waals surface area contributed by atoms with E-state index in [4.69, 9.17) is 10.8 Å². The summed E-state index contributed by atoms with van der Waals surface area (Å²) in [5.41, 5.74) is 5.28. The molecule has 5 nitrogen and oxygen atoms in total. The third-order valence-corrected chi connectivity index (χ3v) is 2.71. The molecule has 1 rings (SSSR count). The van der Waals surface area contributed by atoms with Crippen molar-refractivity contribution in [2.45, 2.75) is 38.6 Å². The number of amides is 1. The van der Waals surface area contributed by atoms with Gasteiger partial charge in [0.05, 0.1) is 0 Å². The molecule has 0 aromatic carbocycles. The highest BCUT2D eigenvalue weighted by molar-refractivity contribution is 5.77. The first-order chi connectivity index (χ1) is 7.28. The van der Waals surface area contributed by atoms with E-state index >= 15 is 0 Å². The summed E-state index contributed by atoms with van der Waals surface area (Å²) in [6.45, 7) is 4.85. The Morgan fingerprint density at radius 3 is 2.62 bits per heavy atom. The van der Waals surface area contributed by atoms with Crippen LogP contribution in [-0.2, 0) is 9.59 Å². The number of hydrogen-bond donors (Lipinski definition) is 2. The second-order valence-electron chi connectivity index (χ2n) is 5.26. The monoisotopic (exact) mass is 228 g/mol. The van der Waals surface area contributed by atoms with Crippen LogP contribution in [0.4, 0.5) is 0 Å². The molecule has 0 aromatic rings. The second kappa shape index (κ2) is 4.82. The fraction of sp³-hybridized carbons (Fsp3) is 0.818. The Labute approximate surface area is 95.6 Å². The molecule has 0 aliphatic carbocycles. The van der Waals surface area contributed by atoms with Crippen LogP contribution in [0.15, 0.2) is 0 Å². The standard InChI is InChI=1S/C11H20N2O3/c1-11(2,12)6-9(14)13-4-3-8(7-13)5-10(15)16/h8H,3-7,12H2,1-2H3,(H,15,16). The summed E-state index contributed by atoms with van der Waals surface area (Å²) < 4.78 is 0. The molecule has 0 bridgehead atoms. The zero-order chi connectivity index (χ0) is 12.3. The Bertz CT molecular complexity index is 283. The third kappa shape index (κ3) is 4.18. The highest BCUT2D eigenvalue weighted by Crippen LogP contribution is 2.21. The van der Waals surface area contributed by atoms with Crippen molar-refractivity contribution in [2.75, 3.05) is 13.1 Å². The SMILES string of the molecule is CC(C)(N)CC(=O)N1CCC(CC(=O)O)C1. The number of likely N-dealkylation sites (tertiary alicyclic amines) is 1. The van der Waals surface area contributed by atoms with Gasteiger partial charge in [0.1, 0.15) is 0 Å². The highest BCUT2D eigenvalue weighted by atomic mass is 16.4. The molecule has 1 fully saturated rings. The first-order valence-corrected chi connectivity index (χ1v) is 5.56. The molecule has 5 heteroatoms. The minimum Gasteiger partial charge on any atom is -0.481 e. The Morgan fingerprint density at radius 1 is 1.50 bits per heavy atom. The number of rotatable bonds is 4. The van der Waals surface area contributed by atoms with Gasteiger partial charge in [0.2, 0.25) is 5.91 Å². The van der Waals surface area contributed by atoms with Crippen molar-refractivity contribution >= 4 is 11.9 Å². The van der Waals surface area contributed by atoms with Gasteiger partial charge in [-0.3, -0.25) is 9.59 Å². The molecule has 1 aliphatic heterocycles. The van der Waals surface area contributed by atoms with Gasteiger partial charge in [0, 0.05) is 31.5 Å². The number of carbonyl (C=O) groups excluding carboxylic acids is 1. The van der Waals surface area contributed by atoms with Crippen molar-refractivity contribution in [3.05, 3.63) is 0 Å². The molecule has 0 aromatic heterocycles. The number of aliphatic carboxylic acids is 1. The predicted molar refractivity (Wildman–Crippen MR) is 59.8 cm³/mol. The average Bonchev–Trinajstić information content (AvgIpc) is 2.48. The topological polar surface area (TPSA) is 83.6 Å². The summed E-state index contributed by atoms with van der Waals surface area (Å²) in [5.74, 6) is -0.666. The quantitative estimate of drug-likeness (QED) is 0.731. The summed E-state index contributed by atoms with van der Waals surface area (Å²) >= 11 is 0. The Kier molecular flexibility index (Phi) is 3.91. The molecule has 0 spiro atoms. The molecular weight excluding hydrogens is 208 g/mol. The molecule has 1 atom stereocenters. The molecule has 1 amide bonds. The molecule has 1 saturated heterocycles. The van der Waals surface area contributed by atoms with Gasteiger partial charge >= 0.3 is 5.97 Å². The van der Waals surface area contributed by atoms with E-state index in [9.17, 15) is 9.59 Å². The minimum absolute atomic E-state index is 0.0281. The molecule has 3 N–H and O–H groups in total. The smallest absolute Gasteiger partial charge is 0.303 e. The lowest BCUT2D eigenvalue weighted by atomic mass is 10.0. The minimum atomic E-state index is -0.793. The van der Waals surface area contributed by atoms with E-state index in [0.717, 1.165) is 6.42 Å². The lowest BCUT2D eigenvalue weighted by molar-refractivity contribution is -0.138. The molecule has 0 saturated carbocycles. The molecule has 16 heavy (non-hydrogen) atoms. The summed E-state index contributed by atoms with van der Waals surface area (Å²) in [7, 11) is 0. The van der Waals surface area contributed by atoms with Gasteiger partial charge in [0.25, 0.3) is 0 Å². The van der Waals surface area contributed by atoms with Gasteiger partial charge < -0.3 is 15.7 Å². The van der Waals surface area contributed by atoms with Crippen LogP contribution in [0.1, 0.15) is 33.1 Å². The first-order valence-electron chi connectivity index (χ1n) is 5.56. The number of carbonyl (C=O) groups is 2. The van der Waals surface area contributed by atoms with Crippen LogP contribution in [0.25, 0.3) is 0 Å². The zero-order valence-corrected chi connectivity index (χ0v) is 9.90. The van der Waals surface area contributed by atoms with E-state index in [1.54, 1.807) is 4.90 Å². The molecule has 1 unspecified atom stereocenters. The largest absolute Gasteiger partial charge is 0.481 e. The van der Waals surface area contributed by atoms with Crippen molar-refractivity contribution in [2.24, 2.45) is 11.7 Å². The van der Waals surface area contributed by atoms with Crippen molar-refractivity contribution in [3.8, 4) is 0 Å². The average molecular weight is 228 g/mol. The number of nitrogens with two attached hydrogens (primary N) is 1. The van der Waals surface area contributed by atoms with E-state index < -0.39 is 11.5 Å². The molecular formula is C11H20N2O3. The van der Waals surface area contributed by atoms with Crippen LogP contribution in [0.3, 0.4) is 0 Å². The second-order valence-corrected chi connectivity index (χ2v) is 5.26. The van der Waals surface area contributed by atoms with Gasteiger partial charge in [-0.05, 0) is 26.2 Å². The predicted octanol–water partition coefficient (Wildman–Crippen LogP) is 0.437. The van der Waals surface area contributed by atoms with E-state index in [1.165, 1.54) is 0 Å². The fourth-order valence-electron chi connectivity index (χ4n) is 1.97. The number of hydrogen-bond acceptors (Lipinski definition) is 3. The van der Waals surface area contributed by atoms with E-state index in [2.05, 4.69) is 0 Å². The maximum absolute atomic E-state index is 11.8. The van der Waals surface area contributed by atoms with Gasteiger partial charge in [-0.15, -0.1) is 0 Å². The molecule has 0 radical (unpaired) electrons. The summed E-state index contributed by atoms with van der Waals surface area (Å²) in [4.78, 5) is 24.1. The van der Waals surface area contributed by atoms with Crippen LogP contribution in [0, 0.1) is 5.92 Å². The van der Waals surface area contributed by atoms with Crippen LogP contribution in [-0.4, -0.2) is 40.5 Å². The molecule has 1 heterocycles. The summed E-state index contributed by atoms with van der Waals surface area (Å²) in [6, 6.07) is 0. The highest BCUT2D eigenvalue weighted by Gasteiger charge is 2.29. The molecule has 92 valence electrons. The summed E-state index contributed by atoms with van der Waals surface area (Å²) in [5, 5.41) is 8.66. The van der Waals surface area contributed by atoms with E-state index in [0.29, 0.717) is 19.5 Å². The van der Waals surface area contributed by atoms with Crippen LogP contribution in [0.5, 0.6) is 0 Å². The van der Waals surface area contributed by atoms with Crippen molar-refractivity contribution in [1.29, 1.82) is 0 Å². The van der Waals surface area contributed by atoms with Crippen molar-refractivity contribution in [1.82, 2.24) is 4.90 Å². The Hall–Kier alpha value is -1.10. The van der Waals surface area contributed by atoms with E-state index in [-0.39, 0.29) is 18.2 Å². The first kappa shape index (κ1) is 13.0. The third-order valence-electron chi connectivity index (χ3n) is 2.71. The normalized spacial score (nSPS) is 21.2. The van der Waals surface area contributed by atoms with Crippen molar-refractivity contribution in [3.63, 3.8) is 0 Å². The Morgan fingerprint density at radius 2 is 2.12 bits per heavy atom. The maximum atomic E-state index is 11.8. The van der Waals surface area contributed by atoms with Gasteiger partial charge in [-0.2, -0.15) is 0 Å². The van der Waals surface area contributed by atoms with E-state index in [1.807, 2.05) is 13.8 Å². The Balaban J connectivity index is 2.41. The van der Waals surface area contributed by atoms with Crippen LogP contribution < -0.4 is 5.73 Å². The lowest BCUT2D eigenvalue weighted by Gasteiger charge is -2.23. The van der Waals surface area contributed by atoms with Gasteiger partial charge in [0.15, 0.2) is 0 Å². The molecule has 1 aliphatic rings. The number of nitrogens with zero attached hydrogens (tertiary/aromatic N) is 1. The summed E-state index contributed by atoms with van der Waals surface area (Å²) in [6.07, 6.45) is 1.24. The van der Waals surface area contributed by atoms with Gasteiger partial charge in [-0.1, -0.05) is 0 Å².